The standard InChI is InChI=1S/C31H41N5O3/c1-22(2)27-19-28(33-32-27)31(38)35-18-17-34(23(3)4)15-10-16-36(30-24(5)11-9-12-25(30)20-35)29(37)21-39-26-13-7-6-8-14-26/h6-9,11-14,19,22-23H,10,15-18,20-21H2,1-5H3,(H,32,33). The van der Waals surface area contributed by atoms with Crippen molar-refractivity contribution in [2.75, 3.05) is 37.7 Å². The molecule has 1 N–H and O–H groups in total. The highest BCUT2D eigenvalue weighted by atomic mass is 16.5. The predicted molar refractivity (Wildman–Crippen MR) is 154 cm³/mol. The fourth-order valence-corrected chi connectivity index (χ4v) is 5.01. The number of benzene rings is 2. The molecule has 1 aliphatic heterocycles. The lowest BCUT2D eigenvalue weighted by Crippen LogP contribution is -2.41. The van der Waals surface area contributed by atoms with E-state index in [1.807, 2.05) is 71.3 Å². The fraction of sp³-hybridized carbons (Fsp3) is 0.452. The molecule has 2 amide bonds. The summed E-state index contributed by atoms with van der Waals surface area (Å²) in [6, 6.07) is 17.6. The third kappa shape index (κ3) is 7.06. The molecule has 8 nitrogen and oxygen atoms in total. The van der Waals surface area contributed by atoms with E-state index in [2.05, 4.69) is 42.8 Å². The van der Waals surface area contributed by atoms with E-state index >= 15 is 0 Å². The molecular formula is C31H41N5O3. The van der Waals surface area contributed by atoms with Crippen LogP contribution in [-0.2, 0) is 11.3 Å². The number of aryl methyl sites for hydroxylation is 1. The van der Waals surface area contributed by atoms with Gasteiger partial charge in [0.2, 0.25) is 0 Å². The fourth-order valence-electron chi connectivity index (χ4n) is 5.01. The molecule has 0 saturated heterocycles. The van der Waals surface area contributed by atoms with Crippen LogP contribution in [0.5, 0.6) is 5.75 Å². The Hall–Kier alpha value is -3.65. The third-order valence-electron chi connectivity index (χ3n) is 7.30. The molecule has 0 spiro atoms. The number of nitrogens with one attached hydrogen (secondary N) is 1. The number of aromatic amines is 1. The van der Waals surface area contributed by atoms with Crippen LogP contribution < -0.4 is 9.64 Å². The van der Waals surface area contributed by atoms with Crippen LogP contribution in [0, 0.1) is 6.92 Å². The first-order valence-corrected chi connectivity index (χ1v) is 13.9. The smallest absolute Gasteiger partial charge is 0.274 e. The van der Waals surface area contributed by atoms with Gasteiger partial charge in [-0.05, 0) is 62.4 Å². The van der Waals surface area contributed by atoms with E-state index in [9.17, 15) is 9.59 Å². The van der Waals surface area contributed by atoms with Crippen molar-refractivity contribution in [3.63, 3.8) is 0 Å². The van der Waals surface area contributed by atoms with E-state index in [1.54, 1.807) is 0 Å². The van der Waals surface area contributed by atoms with Gasteiger partial charge in [0.25, 0.3) is 11.8 Å². The lowest BCUT2D eigenvalue weighted by molar-refractivity contribution is -0.120. The molecule has 3 aromatic rings. The van der Waals surface area contributed by atoms with Crippen molar-refractivity contribution in [3.05, 3.63) is 77.1 Å². The highest BCUT2D eigenvalue weighted by molar-refractivity contribution is 5.96. The van der Waals surface area contributed by atoms with Crippen molar-refractivity contribution in [2.45, 2.75) is 59.5 Å². The summed E-state index contributed by atoms with van der Waals surface area (Å²) < 4.78 is 5.85. The summed E-state index contributed by atoms with van der Waals surface area (Å²) in [6.45, 7) is 13.5. The van der Waals surface area contributed by atoms with Crippen molar-refractivity contribution < 1.29 is 14.3 Å². The largest absolute Gasteiger partial charge is 0.484 e. The molecule has 39 heavy (non-hydrogen) atoms. The molecule has 0 bridgehead atoms. The van der Waals surface area contributed by atoms with Crippen LogP contribution in [-0.4, -0.2) is 70.6 Å². The number of carbonyl (C=O) groups is 2. The summed E-state index contributed by atoms with van der Waals surface area (Å²) in [4.78, 5) is 33.5. The van der Waals surface area contributed by atoms with Crippen molar-refractivity contribution in [1.82, 2.24) is 20.0 Å². The lowest BCUT2D eigenvalue weighted by Gasteiger charge is -2.29. The average molecular weight is 532 g/mol. The van der Waals surface area contributed by atoms with Crippen LogP contribution in [0.2, 0.25) is 0 Å². The molecule has 0 fully saturated rings. The quantitative estimate of drug-likeness (QED) is 0.484. The summed E-state index contributed by atoms with van der Waals surface area (Å²) in [5.74, 6) is 0.700. The molecule has 0 atom stereocenters. The monoisotopic (exact) mass is 531 g/mol. The Balaban J connectivity index is 1.67. The van der Waals surface area contributed by atoms with Gasteiger partial charge in [-0.15, -0.1) is 0 Å². The second-order valence-electron chi connectivity index (χ2n) is 10.8. The first kappa shape index (κ1) is 28.4. The summed E-state index contributed by atoms with van der Waals surface area (Å²) in [5, 5.41) is 7.36. The van der Waals surface area contributed by atoms with E-state index < -0.39 is 0 Å². The van der Waals surface area contributed by atoms with Gasteiger partial charge in [-0.3, -0.25) is 19.6 Å². The minimum absolute atomic E-state index is 0.0560. The number of aromatic nitrogens is 2. The van der Waals surface area contributed by atoms with Gasteiger partial charge in [-0.2, -0.15) is 5.10 Å². The summed E-state index contributed by atoms with van der Waals surface area (Å²) in [7, 11) is 0. The Morgan fingerprint density at radius 3 is 2.44 bits per heavy atom. The molecule has 1 aliphatic rings. The first-order valence-electron chi connectivity index (χ1n) is 13.9. The van der Waals surface area contributed by atoms with Gasteiger partial charge in [0.1, 0.15) is 11.4 Å². The number of para-hydroxylation sites is 2. The molecule has 2 heterocycles. The molecule has 208 valence electrons. The maximum absolute atomic E-state index is 13.8. The van der Waals surface area contributed by atoms with E-state index in [1.165, 1.54) is 0 Å². The number of H-pyrrole nitrogens is 1. The van der Waals surface area contributed by atoms with Gasteiger partial charge < -0.3 is 14.5 Å². The SMILES string of the molecule is Cc1cccc2c1N(C(=O)COc1ccccc1)CCCN(C(C)C)CCN(C(=O)c1cc(C(C)C)[nH]n1)C2. The van der Waals surface area contributed by atoms with Gasteiger partial charge in [0.05, 0.1) is 5.69 Å². The first-order chi connectivity index (χ1) is 18.7. The minimum Gasteiger partial charge on any atom is -0.484 e. The lowest BCUT2D eigenvalue weighted by atomic mass is 10.0. The number of amides is 2. The maximum atomic E-state index is 13.8. The van der Waals surface area contributed by atoms with Gasteiger partial charge in [-0.25, -0.2) is 0 Å². The van der Waals surface area contributed by atoms with Crippen molar-refractivity contribution in [3.8, 4) is 5.75 Å². The molecule has 0 unspecified atom stereocenters. The summed E-state index contributed by atoms with van der Waals surface area (Å²) in [5.41, 5.74) is 4.15. The van der Waals surface area contributed by atoms with Crippen LogP contribution >= 0.6 is 0 Å². The van der Waals surface area contributed by atoms with Crippen LogP contribution in [0.4, 0.5) is 5.69 Å². The van der Waals surface area contributed by atoms with Crippen LogP contribution in [0.3, 0.4) is 0 Å². The number of fused-ring (bicyclic) bond motifs is 1. The Kier molecular flexibility index (Phi) is 9.41. The number of carbonyl (C=O) groups excluding carboxylic acids is 2. The highest BCUT2D eigenvalue weighted by Gasteiger charge is 2.27. The molecule has 1 aromatic heterocycles. The van der Waals surface area contributed by atoms with Crippen LogP contribution in [0.25, 0.3) is 0 Å². The molecule has 2 aromatic carbocycles. The number of rotatable bonds is 6. The van der Waals surface area contributed by atoms with Crippen molar-refractivity contribution in [1.29, 1.82) is 0 Å². The molecule has 4 rings (SSSR count). The Morgan fingerprint density at radius 2 is 1.74 bits per heavy atom. The Labute approximate surface area is 231 Å². The molecular weight excluding hydrogens is 490 g/mol. The maximum Gasteiger partial charge on any atom is 0.274 e. The second kappa shape index (κ2) is 12.9. The summed E-state index contributed by atoms with van der Waals surface area (Å²) >= 11 is 0. The zero-order valence-corrected chi connectivity index (χ0v) is 23.8. The molecule has 0 aliphatic carbocycles. The highest BCUT2D eigenvalue weighted by Crippen LogP contribution is 2.29. The Morgan fingerprint density at radius 1 is 0.974 bits per heavy atom. The number of anilines is 1. The van der Waals surface area contributed by atoms with Gasteiger partial charge in [0, 0.05) is 44.5 Å². The van der Waals surface area contributed by atoms with Gasteiger partial charge in [-0.1, -0.05) is 50.2 Å². The van der Waals surface area contributed by atoms with Crippen molar-refractivity contribution in [2.24, 2.45) is 0 Å². The van der Waals surface area contributed by atoms with Crippen LogP contribution in [0.1, 0.15) is 67.3 Å². The molecule has 0 saturated carbocycles. The van der Waals surface area contributed by atoms with Gasteiger partial charge in [0.15, 0.2) is 6.61 Å². The van der Waals surface area contributed by atoms with E-state index in [0.717, 1.165) is 42.0 Å². The number of hydrogen-bond donors (Lipinski definition) is 1. The van der Waals surface area contributed by atoms with E-state index in [4.69, 9.17) is 4.74 Å². The number of ether oxygens (including phenoxy) is 1. The van der Waals surface area contributed by atoms with E-state index in [-0.39, 0.29) is 24.3 Å². The van der Waals surface area contributed by atoms with Crippen molar-refractivity contribution >= 4 is 17.5 Å². The normalized spacial score (nSPS) is 15.3. The Bertz CT molecular complexity index is 1250. The average Bonchev–Trinajstić information content (AvgIpc) is 3.41. The zero-order chi connectivity index (χ0) is 27.9. The van der Waals surface area contributed by atoms with Gasteiger partial charge >= 0.3 is 0 Å². The second-order valence-corrected chi connectivity index (χ2v) is 10.8. The summed E-state index contributed by atoms with van der Waals surface area (Å²) in [6.07, 6.45) is 0.814. The predicted octanol–water partition coefficient (Wildman–Crippen LogP) is 5.01. The third-order valence-corrected chi connectivity index (χ3v) is 7.30. The zero-order valence-electron chi connectivity index (χ0n) is 23.8. The number of hydrogen-bond acceptors (Lipinski definition) is 5. The van der Waals surface area contributed by atoms with E-state index in [0.29, 0.717) is 37.1 Å². The minimum atomic E-state index is -0.112. The van der Waals surface area contributed by atoms with Crippen LogP contribution in [0.15, 0.2) is 54.6 Å². The molecule has 0 radical (unpaired) electrons. The topological polar surface area (TPSA) is 81.8 Å². The molecule has 8 heteroatoms. The number of nitrogens with zero attached hydrogens (tertiary/aromatic N) is 4.